The van der Waals surface area contributed by atoms with Crippen molar-refractivity contribution in [2.75, 3.05) is 19.8 Å². The maximum absolute atomic E-state index is 12.5. The zero-order valence-electron chi connectivity index (χ0n) is 13.1. The van der Waals surface area contributed by atoms with E-state index < -0.39 is 5.54 Å². The summed E-state index contributed by atoms with van der Waals surface area (Å²) in [4.78, 5) is 23.7. The number of esters is 1. The Kier molecular flexibility index (Phi) is 4.58. The van der Waals surface area contributed by atoms with Crippen LogP contribution in [-0.2, 0) is 19.1 Å². The molecular weight excluding hydrogens is 272 g/mol. The van der Waals surface area contributed by atoms with E-state index in [1.54, 1.807) is 6.92 Å². The fourth-order valence-electron chi connectivity index (χ4n) is 3.66. The molecule has 1 saturated carbocycles. The summed E-state index contributed by atoms with van der Waals surface area (Å²) >= 11 is 0. The van der Waals surface area contributed by atoms with Crippen LogP contribution in [0.15, 0.2) is 0 Å². The lowest BCUT2D eigenvalue weighted by molar-refractivity contribution is -0.175. The summed E-state index contributed by atoms with van der Waals surface area (Å²) in [6.07, 6.45) is 1.78. The molecule has 1 saturated heterocycles. The van der Waals surface area contributed by atoms with Gasteiger partial charge < -0.3 is 20.5 Å². The highest BCUT2D eigenvalue weighted by Gasteiger charge is 2.71. The molecule has 3 unspecified atom stereocenters. The summed E-state index contributed by atoms with van der Waals surface area (Å²) in [5.74, 6) is -0.275. The predicted octanol–water partition coefficient (Wildman–Crippen LogP) is 0.588. The van der Waals surface area contributed by atoms with E-state index in [1.165, 1.54) is 0 Å². The average molecular weight is 298 g/mol. The Balaban J connectivity index is 1.82. The van der Waals surface area contributed by atoms with Crippen molar-refractivity contribution in [3.05, 3.63) is 0 Å². The van der Waals surface area contributed by atoms with Gasteiger partial charge in [-0.3, -0.25) is 9.59 Å². The third kappa shape index (κ3) is 2.55. The topological polar surface area (TPSA) is 90.7 Å². The molecule has 2 rings (SSSR count). The molecule has 6 nitrogen and oxygen atoms in total. The zero-order valence-corrected chi connectivity index (χ0v) is 13.1. The summed E-state index contributed by atoms with van der Waals surface area (Å²) in [5.41, 5.74) is 5.18. The fraction of sp³-hybridized carbons (Fsp3) is 0.867. The lowest BCUT2D eigenvalue weighted by Gasteiger charge is -2.60. The predicted molar refractivity (Wildman–Crippen MR) is 77.4 cm³/mol. The molecule has 1 aliphatic heterocycles. The van der Waals surface area contributed by atoms with Crippen LogP contribution in [0.1, 0.15) is 40.0 Å². The average Bonchev–Trinajstić information content (AvgIpc) is 2.91. The van der Waals surface area contributed by atoms with Gasteiger partial charge in [0.05, 0.1) is 12.7 Å². The fourth-order valence-corrected chi connectivity index (χ4v) is 3.66. The molecule has 1 heterocycles. The Morgan fingerprint density at radius 3 is 2.81 bits per heavy atom. The van der Waals surface area contributed by atoms with Crippen LogP contribution in [0.5, 0.6) is 0 Å². The summed E-state index contributed by atoms with van der Waals surface area (Å²) in [6.45, 7) is 7.24. The summed E-state index contributed by atoms with van der Waals surface area (Å²) in [7, 11) is 0. The highest BCUT2D eigenvalue weighted by Crippen LogP contribution is 2.58. The van der Waals surface area contributed by atoms with Crippen molar-refractivity contribution in [3.63, 3.8) is 0 Å². The third-order valence-corrected chi connectivity index (χ3v) is 4.98. The Bertz CT molecular complexity index is 424. The van der Waals surface area contributed by atoms with Gasteiger partial charge in [0.15, 0.2) is 0 Å². The molecule has 0 spiro atoms. The van der Waals surface area contributed by atoms with E-state index in [9.17, 15) is 9.59 Å². The second-order valence-electron chi connectivity index (χ2n) is 6.44. The summed E-state index contributed by atoms with van der Waals surface area (Å²) in [5, 5.41) is 2.86. The van der Waals surface area contributed by atoms with Gasteiger partial charge in [-0.05, 0) is 19.8 Å². The van der Waals surface area contributed by atoms with Crippen molar-refractivity contribution >= 4 is 11.9 Å². The van der Waals surface area contributed by atoms with Crippen LogP contribution in [0.2, 0.25) is 0 Å². The Labute approximate surface area is 125 Å². The van der Waals surface area contributed by atoms with Crippen LogP contribution >= 0.6 is 0 Å². The lowest BCUT2D eigenvalue weighted by atomic mass is 9.48. The zero-order chi connectivity index (χ0) is 15.7. The monoisotopic (exact) mass is 298 g/mol. The number of amides is 1. The first kappa shape index (κ1) is 16.2. The smallest absolute Gasteiger partial charge is 0.305 e. The lowest BCUT2D eigenvalue weighted by Crippen LogP contribution is -2.80. The molecule has 0 radical (unpaired) electrons. The van der Waals surface area contributed by atoms with Gasteiger partial charge in [-0.15, -0.1) is 0 Å². The van der Waals surface area contributed by atoms with E-state index >= 15 is 0 Å². The van der Waals surface area contributed by atoms with Crippen LogP contribution < -0.4 is 11.1 Å². The van der Waals surface area contributed by atoms with Crippen LogP contribution in [0.25, 0.3) is 0 Å². The van der Waals surface area contributed by atoms with Crippen molar-refractivity contribution in [2.24, 2.45) is 17.1 Å². The minimum absolute atomic E-state index is 0.0766. The number of nitrogens with one attached hydrogen (secondary N) is 1. The number of hydrogen-bond acceptors (Lipinski definition) is 5. The van der Waals surface area contributed by atoms with E-state index in [1.807, 2.05) is 13.8 Å². The SMILES string of the molecule is CCOC(=O)CCCNC(=O)C1(N)C2CCOC2C1(C)C. The van der Waals surface area contributed by atoms with Crippen molar-refractivity contribution in [1.82, 2.24) is 5.32 Å². The molecular formula is C15H26N2O4. The number of carbonyl (C=O) groups excluding carboxylic acids is 2. The molecule has 0 bridgehead atoms. The van der Waals surface area contributed by atoms with Crippen molar-refractivity contribution in [2.45, 2.75) is 51.7 Å². The van der Waals surface area contributed by atoms with Gasteiger partial charge in [-0.1, -0.05) is 13.8 Å². The van der Waals surface area contributed by atoms with Gasteiger partial charge in [0.25, 0.3) is 0 Å². The molecule has 1 aliphatic carbocycles. The second kappa shape index (κ2) is 5.93. The van der Waals surface area contributed by atoms with Gasteiger partial charge in [0, 0.05) is 30.9 Å². The van der Waals surface area contributed by atoms with E-state index in [4.69, 9.17) is 15.2 Å². The number of ether oxygens (including phenoxy) is 2. The van der Waals surface area contributed by atoms with E-state index in [-0.39, 0.29) is 29.3 Å². The minimum Gasteiger partial charge on any atom is -0.466 e. The van der Waals surface area contributed by atoms with E-state index in [0.29, 0.717) is 32.6 Å². The first-order valence-electron chi connectivity index (χ1n) is 7.70. The van der Waals surface area contributed by atoms with Crippen LogP contribution in [0.4, 0.5) is 0 Å². The van der Waals surface area contributed by atoms with Gasteiger partial charge in [0.2, 0.25) is 5.91 Å². The minimum atomic E-state index is -0.877. The maximum atomic E-state index is 12.5. The van der Waals surface area contributed by atoms with E-state index in [0.717, 1.165) is 6.42 Å². The highest BCUT2D eigenvalue weighted by atomic mass is 16.5. The standard InChI is InChI=1S/C15H26N2O4/c1-4-20-11(18)6-5-8-17-13(19)15(16)10-7-9-21-12(10)14(15,2)3/h10,12H,4-9,16H2,1-3H3,(H,17,19). The number of rotatable bonds is 6. The number of nitrogens with two attached hydrogens (primary N) is 1. The summed E-state index contributed by atoms with van der Waals surface area (Å²) < 4.78 is 10.5. The largest absolute Gasteiger partial charge is 0.466 e. The van der Waals surface area contributed by atoms with Crippen LogP contribution in [0.3, 0.4) is 0 Å². The normalized spacial score (nSPS) is 33.0. The summed E-state index contributed by atoms with van der Waals surface area (Å²) in [6, 6.07) is 0. The third-order valence-electron chi connectivity index (χ3n) is 4.98. The van der Waals surface area contributed by atoms with Gasteiger partial charge in [-0.2, -0.15) is 0 Å². The van der Waals surface area contributed by atoms with Crippen LogP contribution in [0, 0.1) is 11.3 Å². The molecule has 0 aromatic heterocycles. The molecule has 2 aliphatic rings. The molecule has 1 amide bonds. The van der Waals surface area contributed by atoms with Crippen molar-refractivity contribution in [1.29, 1.82) is 0 Å². The van der Waals surface area contributed by atoms with Crippen molar-refractivity contribution in [3.8, 4) is 0 Å². The molecule has 6 heteroatoms. The molecule has 21 heavy (non-hydrogen) atoms. The molecule has 3 atom stereocenters. The number of hydrogen-bond donors (Lipinski definition) is 2. The second-order valence-corrected chi connectivity index (χ2v) is 6.44. The molecule has 0 aromatic rings. The van der Waals surface area contributed by atoms with Gasteiger partial charge >= 0.3 is 5.97 Å². The molecule has 3 N–H and O–H groups in total. The molecule has 120 valence electrons. The Morgan fingerprint density at radius 1 is 1.43 bits per heavy atom. The van der Waals surface area contributed by atoms with Crippen molar-refractivity contribution < 1.29 is 19.1 Å². The molecule has 2 fully saturated rings. The Hall–Kier alpha value is -1.14. The molecule has 0 aromatic carbocycles. The van der Waals surface area contributed by atoms with Crippen LogP contribution in [-0.4, -0.2) is 43.3 Å². The van der Waals surface area contributed by atoms with E-state index in [2.05, 4.69) is 5.32 Å². The van der Waals surface area contributed by atoms with Gasteiger partial charge in [-0.25, -0.2) is 0 Å². The highest BCUT2D eigenvalue weighted by molar-refractivity contribution is 5.89. The first-order chi connectivity index (χ1) is 9.85. The van der Waals surface area contributed by atoms with Gasteiger partial charge in [0.1, 0.15) is 5.54 Å². The first-order valence-corrected chi connectivity index (χ1v) is 7.70. The number of fused-ring (bicyclic) bond motifs is 1. The Morgan fingerprint density at radius 2 is 2.14 bits per heavy atom. The quantitative estimate of drug-likeness (QED) is 0.553. The maximum Gasteiger partial charge on any atom is 0.305 e. The number of carbonyl (C=O) groups is 2.